The number of hydrogen-bond acceptors (Lipinski definition) is 1. The quantitative estimate of drug-likeness (QED) is 0.586. The predicted molar refractivity (Wildman–Crippen MR) is 73.4 cm³/mol. The molecule has 0 aliphatic heterocycles. The van der Waals surface area contributed by atoms with Crippen LogP contribution in [0.2, 0.25) is 0 Å². The van der Waals surface area contributed by atoms with Gasteiger partial charge in [-0.15, -0.1) is 0 Å². The molecule has 1 fully saturated rings. The molecule has 1 aliphatic rings. The molecule has 0 spiro atoms. The van der Waals surface area contributed by atoms with E-state index in [1.54, 1.807) is 7.05 Å². The van der Waals surface area contributed by atoms with Gasteiger partial charge in [-0.25, -0.2) is 13.2 Å². The molecule has 6 heteroatoms. The van der Waals surface area contributed by atoms with E-state index < -0.39 is 28.9 Å². The molecule has 1 saturated carbocycles. The van der Waals surface area contributed by atoms with E-state index in [1.807, 2.05) is 0 Å². The van der Waals surface area contributed by atoms with Crippen LogP contribution in [0.3, 0.4) is 0 Å². The van der Waals surface area contributed by atoms with Gasteiger partial charge in [0.25, 0.3) is 5.91 Å². The lowest BCUT2D eigenvalue weighted by Crippen LogP contribution is -2.44. The molecule has 0 bridgehead atoms. The Morgan fingerprint density at radius 1 is 1.20 bits per heavy atom. The molecule has 2 rings (SSSR count). The largest absolute Gasteiger partial charge is 0.338 e. The average Bonchev–Trinajstić information content (AvgIpc) is 2.44. The number of hydrogen-bond donors (Lipinski definition) is 0. The van der Waals surface area contributed by atoms with Crippen LogP contribution in [0.5, 0.6) is 0 Å². The summed E-state index contributed by atoms with van der Waals surface area (Å²) in [6, 6.07) is 1.69. The van der Waals surface area contributed by atoms with Crippen LogP contribution in [0.25, 0.3) is 0 Å². The molecule has 2 unspecified atom stereocenters. The molecule has 1 amide bonds. The molecule has 1 aromatic carbocycles. The molecule has 1 aromatic rings. The van der Waals surface area contributed by atoms with Crippen molar-refractivity contribution in [3.63, 3.8) is 0 Å². The van der Waals surface area contributed by atoms with Gasteiger partial charge < -0.3 is 4.90 Å². The fraction of sp³-hybridized carbons (Fsp3) is 0.500. The van der Waals surface area contributed by atoms with Crippen LogP contribution >= 0.6 is 15.9 Å². The summed E-state index contributed by atoms with van der Waals surface area (Å²) in [6.07, 6.45) is 3.81. The zero-order valence-corrected chi connectivity index (χ0v) is 12.6. The standard InChI is InChI=1S/C14H15BrF3NO/c1-19(11-5-3-2-4-9(11)15)14(20)8-6-7-10(16)13(18)12(8)17/h6-7,9,11H,2-5H2,1H3. The van der Waals surface area contributed by atoms with Crippen molar-refractivity contribution in [1.29, 1.82) is 0 Å². The summed E-state index contributed by atoms with van der Waals surface area (Å²) in [6.45, 7) is 0. The molecular weight excluding hydrogens is 335 g/mol. The molecule has 0 N–H and O–H groups in total. The van der Waals surface area contributed by atoms with Crippen LogP contribution in [0.1, 0.15) is 36.0 Å². The summed E-state index contributed by atoms with van der Waals surface area (Å²) in [7, 11) is 1.56. The highest BCUT2D eigenvalue weighted by Gasteiger charge is 2.31. The molecule has 0 saturated heterocycles. The number of halogens is 4. The second-order valence-electron chi connectivity index (χ2n) is 5.01. The summed E-state index contributed by atoms with van der Waals surface area (Å²) >= 11 is 3.52. The molecule has 0 heterocycles. The fourth-order valence-corrected chi connectivity index (χ4v) is 3.48. The van der Waals surface area contributed by atoms with Gasteiger partial charge >= 0.3 is 0 Å². The Labute approximate surface area is 124 Å². The van der Waals surface area contributed by atoms with E-state index in [-0.39, 0.29) is 10.9 Å². The van der Waals surface area contributed by atoms with Gasteiger partial charge in [0.2, 0.25) is 0 Å². The maximum Gasteiger partial charge on any atom is 0.256 e. The molecule has 0 radical (unpaired) electrons. The van der Waals surface area contributed by atoms with Gasteiger partial charge in [-0.1, -0.05) is 28.8 Å². The summed E-state index contributed by atoms with van der Waals surface area (Å²) in [5, 5.41) is 0. The Morgan fingerprint density at radius 3 is 2.50 bits per heavy atom. The van der Waals surface area contributed by atoms with Crippen LogP contribution in [0, 0.1) is 17.5 Å². The third kappa shape index (κ3) is 2.85. The SMILES string of the molecule is CN(C(=O)c1ccc(F)c(F)c1F)C1CCCCC1Br. The molecule has 110 valence electrons. The number of nitrogens with zero attached hydrogens (tertiary/aromatic N) is 1. The Kier molecular flexibility index (Phi) is 4.73. The van der Waals surface area contributed by atoms with Crippen molar-refractivity contribution in [2.75, 3.05) is 7.05 Å². The summed E-state index contributed by atoms with van der Waals surface area (Å²) < 4.78 is 39.8. The normalized spacial score (nSPS) is 22.6. The van der Waals surface area contributed by atoms with Gasteiger partial charge in [-0.3, -0.25) is 4.79 Å². The first-order valence-corrected chi connectivity index (χ1v) is 7.39. The smallest absolute Gasteiger partial charge is 0.256 e. The van der Waals surface area contributed by atoms with Gasteiger partial charge in [0.15, 0.2) is 17.5 Å². The maximum absolute atomic E-state index is 13.7. The highest BCUT2D eigenvalue weighted by molar-refractivity contribution is 9.09. The van der Waals surface area contributed by atoms with E-state index in [0.717, 1.165) is 37.8 Å². The highest BCUT2D eigenvalue weighted by Crippen LogP contribution is 2.29. The number of amides is 1. The summed E-state index contributed by atoms with van der Waals surface area (Å²) in [5.74, 6) is -4.96. The monoisotopic (exact) mass is 349 g/mol. The minimum absolute atomic E-state index is 0.0660. The van der Waals surface area contributed by atoms with Crippen molar-refractivity contribution in [2.45, 2.75) is 36.6 Å². The second kappa shape index (κ2) is 6.16. The van der Waals surface area contributed by atoms with Gasteiger partial charge in [0.05, 0.1) is 5.56 Å². The van der Waals surface area contributed by atoms with Gasteiger partial charge in [-0.05, 0) is 25.0 Å². The zero-order chi connectivity index (χ0) is 14.9. The van der Waals surface area contributed by atoms with Gasteiger partial charge in [0, 0.05) is 17.9 Å². The van der Waals surface area contributed by atoms with Crippen molar-refractivity contribution in [3.05, 3.63) is 35.1 Å². The van der Waals surface area contributed by atoms with E-state index in [2.05, 4.69) is 15.9 Å². The predicted octanol–water partition coefficient (Wildman–Crippen LogP) is 3.88. The van der Waals surface area contributed by atoms with Crippen LogP contribution in [0.15, 0.2) is 12.1 Å². The van der Waals surface area contributed by atoms with Crippen LogP contribution < -0.4 is 0 Å². The van der Waals surface area contributed by atoms with Crippen LogP contribution in [-0.2, 0) is 0 Å². The highest BCUT2D eigenvalue weighted by atomic mass is 79.9. The Balaban J connectivity index is 2.24. The summed E-state index contributed by atoms with van der Waals surface area (Å²) in [4.78, 5) is 13.8. The lowest BCUT2D eigenvalue weighted by Gasteiger charge is -2.35. The second-order valence-corrected chi connectivity index (χ2v) is 6.18. The van der Waals surface area contributed by atoms with Crippen molar-refractivity contribution >= 4 is 21.8 Å². The Bertz CT molecular complexity index is 523. The topological polar surface area (TPSA) is 20.3 Å². The number of carbonyl (C=O) groups is 1. The molecule has 0 aromatic heterocycles. The van der Waals surface area contributed by atoms with E-state index >= 15 is 0 Å². The first-order chi connectivity index (χ1) is 9.43. The molecule has 20 heavy (non-hydrogen) atoms. The number of benzene rings is 1. The number of carbonyl (C=O) groups excluding carboxylic acids is 1. The Hall–Kier alpha value is -1.04. The molecule has 1 aliphatic carbocycles. The van der Waals surface area contributed by atoms with Crippen molar-refractivity contribution in [2.24, 2.45) is 0 Å². The van der Waals surface area contributed by atoms with Crippen LogP contribution in [-0.4, -0.2) is 28.7 Å². The third-order valence-corrected chi connectivity index (χ3v) is 4.80. The van der Waals surface area contributed by atoms with Gasteiger partial charge in [-0.2, -0.15) is 0 Å². The minimum atomic E-state index is -1.61. The lowest BCUT2D eigenvalue weighted by atomic mass is 9.94. The van der Waals surface area contributed by atoms with E-state index in [0.29, 0.717) is 0 Å². The van der Waals surface area contributed by atoms with Crippen molar-refractivity contribution < 1.29 is 18.0 Å². The first kappa shape index (κ1) is 15.4. The van der Waals surface area contributed by atoms with E-state index in [9.17, 15) is 18.0 Å². The average molecular weight is 350 g/mol. The number of rotatable bonds is 2. The zero-order valence-electron chi connectivity index (χ0n) is 11.0. The fourth-order valence-electron chi connectivity index (χ4n) is 2.53. The molecule has 2 nitrogen and oxygen atoms in total. The third-order valence-electron chi connectivity index (χ3n) is 3.73. The maximum atomic E-state index is 13.7. The minimum Gasteiger partial charge on any atom is -0.338 e. The first-order valence-electron chi connectivity index (χ1n) is 6.48. The van der Waals surface area contributed by atoms with E-state index in [4.69, 9.17) is 0 Å². The van der Waals surface area contributed by atoms with Crippen LogP contribution in [0.4, 0.5) is 13.2 Å². The lowest BCUT2D eigenvalue weighted by molar-refractivity contribution is 0.0698. The van der Waals surface area contributed by atoms with Crippen molar-refractivity contribution in [1.82, 2.24) is 4.90 Å². The van der Waals surface area contributed by atoms with E-state index in [1.165, 1.54) is 4.90 Å². The molecule has 2 atom stereocenters. The molecular formula is C14H15BrF3NO. The Morgan fingerprint density at radius 2 is 1.85 bits per heavy atom. The number of alkyl halides is 1. The summed E-state index contributed by atoms with van der Waals surface area (Å²) in [5.41, 5.74) is -0.434. The van der Waals surface area contributed by atoms with Gasteiger partial charge in [0.1, 0.15) is 0 Å². The van der Waals surface area contributed by atoms with Crippen molar-refractivity contribution in [3.8, 4) is 0 Å².